The molecule has 2 aromatic heterocycles. The first-order valence-electron chi connectivity index (χ1n) is 3.91. The average molecular weight is 227 g/mol. The van der Waals surface area contributed by atoms with E-state index in [2.05, 4.69) is 26.5 Å². The fourth-order valence-corrected chi connectivity index (χ4v) is 1.82. The Labute approximate surface area is 89.8 Å². The summed E-state index contributed by atoms with van der Waals surface area (Å²) >= 11 is 7.40. The molecule has 0 unspecified atom stereocenters. The molecule has 2 aromatic rings. The fourth-order valence-electron chi connectivity index (χ4n) is 0.977. The molecule has 2 rings (SSSR count). The van der Waals surface area contributed by atoms with E-state index in [-0.39, 0.29) is 0 Å². The van der Waals surface area contributed by atoms with Crippen molar-refractivity contribution in [3.05, 3.63) is 24.1 Å². The minimum absolute atomic E-state index is 0.402. The highest BCUT2D eigenvalue weighted by molar-refractivity contribution is 7.99. The number of H-pyrrole nitrogens is 1. The molecule has 14 heavy (non-hydrogen) atoms. The lowest BCUT2D eigenvalue weighted by molar-refractivity contribution is 0.996. The second kappa shape index (κ2) is 3.98. The second-order valence-electron chi connectivity index (χ2n) is 2.50. The number of thioether (sulfide) groups is 1. The number of imidazole rings is 1. The Kier molecular flexibility index (Phi) is 2.69. The second-order valence-corrected chi connectivity index (χ2v) is 3.84. The van der Waals surface area contributed by atoms with Crippen LogP contribution in [0.2, 0.25) is 5.15 Å². The van der Waals surface area contributed by atoms with E-state index in [1.807, 2.05) is 0 Å². The lowest BCUT2D eigenvalue weighted by Crippen LogP contribution is -1.89. The van der Waals surface area contributed by atoms with Crippen molar-refractivity contribution in [2.45, 2.75) is 5.16 Å². The van der Waals surface area contributed by atoms with E-state index in [4.69, 9.17) is 11.6 Å². The van der Waals surface area contributed by atoms with E-state index in [1.54, 1.807) is 12.4 Å². The minimum atomic E-state index is 0.402. The molecule has 72 valence electrons. The summed E-state index contributed by atoms with van der Waals surface area (Å²) in [5, 5.41) is 1.02. The summed E-state index contributed by atoms with van der Waals surface area (Å²) in [6, 6.07) is 0. The molecular formula is C8H7ClN4S. The largest absolute Gasteiger partial charge is 0.341 e. The Bertz CT molecular complexity index is 467. The van der Waals surface area contributed by atoms with Crippen LogP contribution < -0.4 is 0 Å². The van der Waals surface area contributed by atoms with Crippen molar-refractivity contribution in [2.24, 2.45) is 0 Å². The maximum Gasteiger partial charge on any atom is 0.191 e. The lowest BCUT2D eigenvalue weighted by atomic mass is 10.6. The first-order valence-corrected chi connectivity index (χ1v) is 5.28. The summed E-state index contributed by atoms with van der Waals surface area (Å²) in [6.07, 6.45) is 3.34. The summed E-state index contributed by atoms with van der Waals surface area (Å²) in [7, 11) is 0. The first-order chi connectivity index (χ1) is 6.81. The maximum absolute atomic E-state index is 5.92. The Morgan fingerprint density at radius 3 is 3.21 bits per heavy atom. The van der Waals surface area contributed by atoms with Gasteiger partial charge in [-0.2, -0.15) is 0 Å². The van der Waals surface area contributed by atoms with Gasteiger partial charge in [-0.3, -0.25) is 0 Å². The van der Waals surface area contributed by atoms with Crippen LogP contribution in [0.4, 0.5) is 0 Å². The molecule has 0 amide bonds. The standard InChI is InChI=1S/C8H7ClN4S/c1-2-3-14-8-12-6(9)5-7(13-8)11-4-10-5/h2,4H,1,3H2,(H,10,11,12,13). The SMILES string of the molecule is C=CCSc1nc(Cl)c2[nH]cnc2n1. The summed E-state index contributed by atoms with van der Waals surface area (Å²) in [4.78, 5) is 15.2. The predicted molar refractivity (Wildman–Crippen MR) is 57.6 cm³/mol. The maximum atomic E-state index is 5.92. The van der Waals surface area contributed by atoms with E-state index < -0.39 is 0 Å². The zero-order valence-corrected chi connectivity index (χ0v) is 8.77. The lowest BCUT2D eigenvalue weighted by Gasteiger charge is -1.97. The van der Waals surface area contributed by atoms with Gasteiger partial charge in [0.2, 0.25) is 0 Å². The molecule has 2 heterocycles. The topological polar surface area (TPSA) is 54.5 Å². The highest BCUT2D eigenvalue weighted by Crippen LogP contribution is 2.21. The Balaban J connectivity index is 2.42. The Morgan fingerprint density at radius 2 is 2.43 bits per heavy atom. The van der Waals surface area contributed by atoms with E-state index in [9.17, 15) is 0 Å². The van der Waals surface area contributed by atoms with Gasteiger partial charge in [0, 0.05) is 5.75 Å². The zero-order chi connectivity index (χ0) is 9.97. The summed E-state index contributed by atoms with van der Waals surface area (Å²) in [5.41, 5.74) is 1.27. The van der Waals surface area contributed by atoms with Crippen LogP contribution in [0.25, 0.3) is 11.2 Å². The van der Waals surface area contributed by atoms with Gasteiger partial charge < -0.3 is 4.98 Å². The number of rotatable bonds is 3. The molecule has 0 fully saturated rings. The van der Waals surface area contributed by atoms with Crippen molar-refractivity contribution in [1.29, 1.82) is 0 Å². The van der Waals surface area contributed by atoms with Crippen LogP contribution in [0.1, 0.15) is 0 Å². The summed E-state index contributed by atoms with van der Waals surface area (Å²) in [5.74, 6) is 0.756. The summed E-state index contributed by atoms with van der Waals surface area (Å²) in [6.45, 7) is 3.62. The van der Waals surface area contributed by atoms with Crippen LogP contribution in [0, 0.1) is 0 Å². The molecule has 0 aliphatic rings. The van der Waals surface area contributed by atoms with Gasteiger partial charge in [0.05, 0.1) is 6.33 Å². The van der Waals surface area contributed by atoms with Crippen LogP contribution in [-0.4, -0.2) is 25.7 Å². The van der Waals surface area contributed by atoms with Gasteiger partial charge in [-0.05, 0) is 0 Å². The van der Waals surface area contributed by atoms with E-state index in [1.165, 1.54) is 11.8 Å². The third kappa shape index (κ3) is 1.73. The Hall–Kier alpha value is -1.07. The first kappa shape index (κ1) is 9.48. The molecule has 0 saturated heterocycles. The van der Waals surface area contributed by atoms with Crippen LogP contribution in [0.3, 0.4) is 0 Å². The van der Waals surface area contributed by atoms with E-state index in [0.29, 0.717) is 21.5 Å². The molecular weight excluding hydrogens is 220 g/mol. The van der Waals surface area contributed by atoms with Gasteiger partial charge in [0.25, 0.3) is 0 Å². The monoisotopic (exact) mass is 226 g/mol. The molecule has 0 aliphatic carbocycles. The van der Waals surface area contributed by atoms with Crippen LogP contribution in [-0.2, 0) is 0 Å². The highest BCUT2D eigenvalue weighted by atomic mass is 35.5. The molecule has 6 heteroatoms. The molecule has 0 aromatic carbocycles. The Morgan fingerprint density at radius 1 is 1.57 bits per heavy atom. The zero-order valence-electron chi connectivity index (χ0n) is 7.20. The minimum Gasteiger partial charge on any atom is -0.341 e. The van der Waals surface area contributed by atoms with Crippen molar-refractivity contribution in [1.82, 2.24) is 19.9 Å². The van der Waals surface area contributed by atoms with Gasteiger partial charge in [-0.1, -0.05) is 29.4 Å². The van der Waals surface area contributed by atoms with E-state index in [0.717, 1.165) is 5.75 Å². The van der Waals surface area contributed by atoms with Gasteiger partial charge in [-0.15, -0.1) is 6.58 Å². The number of halogens is 1. The van der Waals surface area contributed by atoms with Crippen molar-refractivity contribution >= 4 is 34.5 Å². The van der Waals surface area contributed by atoms with Crippen molar-refractivity contribution in [2.75, 3.05) is 5.75 Å². The van der Waals surface area contributed by atoms with E-state index >= 15 is 0 Å². The molecule has 0 atom stereocenters. The number of nitrogens with one attached hydrogen (secondary N) is 1. The van der Waals surface area contributed by atoms with Gasteiger partial charge >= 0.3 is 0 Å². The highest BCUT2D eigenvalue weighted by Gasteiger charge is 2.07. The molecule has 0 aliphatic heterocycles. The molecule has 0 spiro atoms. The summed E-state index contributed by atoms with van der Waals surface area (Å²) < 4.78 is 0. The third-order valence-electron chi connectivity index (χ3n) is 1.55. The van der Waals surface area contributed by atoms with Crippen LogP contribution >= 0.6 is 23.4 Å². The molecule has 1 N–H and O–H groups in total. The number of aromatic nitrogens is 4. The van der Waals surface area contributed by atoms with Crippen LogP contribution in [0.15, 0.2) is 24.1 Å². The smallest absolute Gasteiger partial charge is 0.191 e. The van der Waals surface area contributed by atoms with Gasteiger partial charge in [0.1, 0.15) is 5.52 Å². The number of hydrogen-bond donors (Lipinski definition) is 1. The fraction of sp³-hybridized carbons (Fsp3) is 0.125. The van der Waals surface area contributed by atoms with Crippen molar-refractivity contribution < 1.29 is 0 Å². The number of fused-ring (bicyclic) bond motifs is 1. The normalized spacial score (nSPS) is 10.6. The molecule has 0 saturated carbocycles. The number of nitrogens with zero attached hydrogens (tertiary/aromatic N) is 3. The van der Waals surface area contributed by atoms with Gasteiger partial charge in [0.15, 0.2) is 16.0 Å². The third-order valence-corrected chi connectivity index (χ3v) is 2.67. The average Bonchev–Trinajstić information content (AvgIpc) is 2.63. The van der Waals surface area contributed by atoms with Crippen LogP contribution in [0.5, 0.6) is 0 Å². The quantitative estimate of drug-likeness (QED) is 0.378. The number of aromatic amines is 1. The van der Waals surface area contributed by atoms with Crippen molar-refractivity contribution in [3.8, 4) is 0 Å². The number of hydrogen-bond acceptors (Lipinski definition) is 4. The molecule has 4 nitrogen and oxygen atoms in total. The van der Waals surface area contributed by atoms with Crippen molar-refractivity contribution in [3.63, 3.8) is 0 Å². The predicted octanol–water partition coefficient (Wildman–Crippen LogP) is 2.28. The van der Waals surface area contributed by atoms with Gasteiger partial charge in [-0.25, -0.2) is 15.0 Å². The molecule has 0 radical (unpaired) electrons. The molecule has 0 bridgehead atoms.